The highest BCUT2D eigenvalue weighted by molar-refractivity contribution is 7.80. The van der Waals surface area contributed by atoms with E-state index in [1.807, 2.05) is 0 Å². The molecule has 32 heteroatoms. The molecule has 0 aliphatic carbocycles. The van der Waals surface area contributed by atoms with Gasteiger partial charge >= 0.3 is 11.9 Å². The lowest BCUT2D eigenvalue weighted by Crippen LogP contribution is -2.62. The summed E-state index contributed by atoms with van der Waals surface area (Å²) in [5.74, 6) is -13.0. The van der Waals surface area contributed by atoms with E-state index in [1.165, 1.54) is 36.8 Å². The number of para-hydroxylation sites is 2. The lowest BCUT2D eigenvalue weighted by molar-refractivity contribution is -0.141. The summed E-state index contributed by atoms with van der Waals surface area (Å²) in [4.78, 5) is 164. The number of imidazole rings is 1. The van der Waals surface area contributed by atoms with Crippen LogP contribution in [-0.2, 0) is 78.4 Å². The molecule has 0 saturated heterocycles. The Morgan fingerprint density at radius 3 is 1.42 bits per heavy atom. The van der Waals surface area contributed by atoms with Crippen LogP contribution in [0.4, 0.5) is 0 Å². The molecular formula is C59H74N14O15S3. The number of carboxylic acid groups (broad SMARTS) is 2. The molecule has 9 amide bonds. The number of aromatic nitrogens is 4. The molecule has 18 N–H and O–H groups in total. The molecular weight excluding hydrogens is 1240 g/mol. The summed E-state index contributed by atoms with van der Waals surface area (Å²) < 4.78 is 0. The molecule has 0 aliphatic heterocycles. The number of hydrogen-bond acceptors (Lipinski definition) is 18. The number of aromatic hydroxyl groups is 1. The lowest BCUT2D eigenvalue weighted by atomic mass is 9.98. The van der Waals surface area contributed by atoms with Gasteiger partial charge in [0.15, 0.2) is 0 Å². The zero-order valence-corrected chi connectivity index (χ0v) is 52.0. The van der Waals surface area contributed by atoms with Gasteiger partial charge in [-0.15, -0.1) is 0 Å². The molecule has 0 fully saturated rings. The molecule has 0 unspecified atom stereocenters. The van der Waals surface area contributed by atoms with E-state index in [0.717, 1.165) is 0 Å². The number of carboxylic acids is 2. The van der Waals surface area contributed by atoms with Crippen LogP contribution >= 0.6 is 37.9 Å². The van der Waals surface area contributed by atoms with Crippen molar-refractivity contribution < 1.29 is 73.2 Å². The molecule has 6 rings (SSSR count). The third-order valence-electron chi connectivity index (χ3n) is 14.6. The maximum Gasteiger partial charge on any atom is 0.327 e. The van der Waals surface area contributed by atoms with E-state index >= 15 is 9.59 Å². The fraction of sp³-hybridized carbons (Fsp3) is 0.390. The van der Waals surface area contributed by atoms with E-state index in [2.05, 4.69) is 106 Å². The molecule has 3 heterocycles. The lowest BCUT2D eigenvalue weighted by Gasteiger charge is -2.29. The molecule has 0 bridgehead atoms. The predicted octanol–water partition coefficient (Wildman–Crippen LogP) is -1.57. The number of aromatic amines is 3. The van der Waals surface area contributed by atoms with E-state index in [-0.39, 0.29) is 48.7 Å². The summed E-state index contributed by atoms with van der Waals surface area (Å²) in [6.07, 6.45) is 3.65. The number of amides is 9. The van der Waals surface area contributed by atoms with Gasteiger partial charge in [0.2, 0.25) is 53.2 Å². The Balaban J connectivity index is 1.31. The number of benzene rings is 3. The zero-order valence-electron chi connectivity index (χ0n) is 49.3. The van der Waals surface area contributed by atoms with Crippen LogP contribution in [0.25, 0.3) is 21.8 Å². The average molecular weight is 1320 g/mol. The Bertz CT molecular complexity index is 3530. The third kappa shape index (κ3) is 20.5. The summed E-state index contributed by atoms with van der Waals surface area (Å²) >= 11 is 12.2. The molecule has 0 radical (unpaired) electrons. The molecule has 29 nitrogen and oxygen atoms in total. The highest BCUT2D eigenvalue weighted by Crippen LogP contribution is 2.22. The van der Waals surface area contributed by atoms with Gasteiger partial charge in [-0.1, -0.05) is 62.4 Å². The maximum atomic E-state index is 15.2. The molecule has 10 atom stereocenters. The number of fused-ring (bicyclic) bond motifs is 2. The van der Waals surface area contributed by atoms with Crippen molar-refractivity contribution in [1.82, 2.24) is 67.8 Å². The van der Waals surface area contributed by atoms with Gasteiger partial charge in [-0.2, -0.15) is 37.9 Å². The number of aliphatic hydroxyl groups is 1. The van der Waals surface area contributed by atoms with Crippen LogP contribution in [0.15, 0.2) is 97.7 Å². The fourth-order valence-corrected chi connectivity index (χ4v) is 10.2. The Morgan fingerprint density at radius 2 is 0.945 bits per heavy atom. The van der Waals surface area contributed by atoms with E-state index in [9.17, 15) is 63.6 Å². The van der Waals surface area contributed by atoms with Crippen LogP contribution in [0, 0.1) is 5.92 Å². The van der Waals surface area contributed by atoms with Gasteiger partial charge in [0, 0.05) is 95.5 Å². The van der Waals surface area contributed by atoms with Gasteiger partial charge in [0.1, 0.15) is 60.1 Å². The number of aliphatic carboxylic acids is 2. The molecule has 0 aliphatic rings. The molecule has 3 aromatic carbocycles. The average Bonchev–Trinajstić information content (AvgIpc) is 2.13. The Kier molecular flexibility index (Phi) is 26.7. The highest BCUT2D eigenvalue weighted by atomic mass is 32.1. The number of hydrogen-bond donors (Lipinski definition) is 20. The van der Waals surface area contributed by atoms with Crippen LogP contribution < -0.4 is 53.6 Å². The second kappa shape index (κ2) is 34.2. The Hall–Kier alpha value is -9.11. The van der Waals surface area contributed by atoms with Crippen molar-refractivity contribution in [3.8, 4) is 5.75 Å². The molecule has 91 heavy (non-hydrogen) atoms. The molecule has 0 saturated carbocycles. The molecule has 3 aromatic heterocycles. The topological polar surface area (TPSA) is 463 Å². The Morgan fingerprint density at radius 1 is 0.505 bits per heavy atom. The normalized spacial score (nSPS) is 14.6. The minimum Gasteiger partial charge on any atom is -0.508 e. The number of aliphatic hydroxyl groups excluding tert-OH is 1. The summed E-state index contributed by atoms with van der Waals surface area (Å²) in [5, 5.41) is 63.6. The number of nitrogens with zero attached hydrogens (tertiary/aromatic N) is 1. The van der Waals surface area contributed by atoms with Crippen LogP contribution in [0.5, 0.6) is 5.75 Å². The summed E-state index contributed by atoms with van der Waals surface area (Å²) in [6, 6.07) is 4.84. The summed E-state index contributed by atoms with van der Waals surface area (Å²) in [5.41, 5.74) is 8.87. The quantitative estimate of drug-likeness (QED) is 0.0200. The number of nitrogens with one attached hydrogen (secondary N) is 12. The van der Waals surface area contributed by atoms with E-state index < -0.39 is 151 Å². The summed E-state index contributed by atoms with van der Waals surface area (Å²) in [7, 11) is 0. The number of phenols is 1. The van der Waals surface area contributed by atoms with E-state index in [1.54, 1.807) is 74.8 Å². The first-order chi connectivity index (χ1) is 43.4. The van der Waals surface area contributed by atoms with Crippen LogP contribution in [0.1, 0.15) is 49.1 Å². The van der Waals surface area contributed by atoms with Gasteiger partial charge in [0.05, 0.1) is 19.0 Å². The predicted molar refractivity (Wildman–Crippen MR) is 341 cm³/mol. The largest absolute Gasteiger partial charge is 0.508 e. The van der Waals surface area contributed by atoms with Gasteiger partial charge in [-0.05, 0) is 53.3 Å². The van der Waals surface area contributed by atoms with Gasteiger partial charge < -0.3 is 89.0 Å². The first kappa shape index (κ1) is 71.0. The number of phenolic OH excluding ortho intramolecular Hbond substituents is 1. The van der Waals surface area contributed by atoms with Gasteiger partial charge in [-0.3, -0.25) is 47.9 Å². The highest BCUT2D eigenvalue weighted by Gasteiger charge is 2.37. The first-order valence-corrected chi connectivity index (χ1v) is 30.6. The zero-order chi connectivity index (χ0) is 66.5. The van der Waals surface area contributed by atoms with Crippen LogP contribution in [0.3, 0.4) is 0 Å². The molecule has 0 spiro atoms. The van der Waals surface area contributed by atoms with Crippen molar-refractivity contribution in [1.29, 1.82) is 0 Å². The minimum atomic E-state index is -1.70. The van der Waals surface area contributed by atoms with Crippen molar-refractivity contribution in [3.63, 3.8) is 0 Å². The molecule has 6 aromatic rings. The van der Waals surface area contributed by atoms with Crippen LogP contribution in [0.2, 0.25) is 0 Å². The van der Waals surface area contributed by atoms with Gasteiger partial charge in [-0.25, -0.2) is 9.78 Å². The maximum absolute atomic E-state index is 15.2. The number of carbonyl (C=O) groups excluding carboxylic acids is 9. The number of carbonyl (C=O) groups is 11. The van der Waals surface area contributed by atoms with Crippen molar-refractivity contribution in [2.75, 3.05) is 23.9 Å². The number of H-pyrrole nitrogens is 3. The third-order valence-corrected chi connectivity index (χ3v) is 15.7. The minimum absolute atomic E-state index is 0.106. The van der Waals surface area contributed by atoms with Crippen LogP contribution in [-0.4, -0.2) is 190 Å². The smallest absolute Gasteiger partial charge is 0.327 e. The number of rotatable bonds is 35. The van der Waals surface area contributed by atoms with Crippen molar-refractivity contribution in [2.24, 2.45) is 11.7 Å². The van der Waals surface area contributed by atoms with Crippen molar-refractivity contribution in [2.45, 2.75) is 113 Å². The van der Waals surface area contributed by atoms with Gasteiger partial charge in [0.25, 0.3) is 0 Å². The monoisotopic (exact) mass is 1310 g/mol. The second-order valence-corrected chi connectivity index (χ2v) is 22.7. The summed E-state index contributed by atoms with van der Waals surface area (Å²) in [6.45, 7) is 2.20. The molecule has 488 valence electrons. The number of thiol groups is 3. The SMILES string of the molecule is CC(C)[C@H](NC(=O)[C@H](CCC(=O)O)NC(=O)[C@H](Cc1cnc[nH]1)NC(=O)[C@H](CO)NC(=O)[C@@H](N)CS)C(=O)N[C@@H](Cc1c[nH]c2ccccc12)C(=O)N[C@@H](Cc1c[nH]c2ccccc12)C(=O)N[C@@H](Cc1ccc(O)cc1)C(=O)N[C@@H](CS)C(=O)N[C@@H](CS)C(=O)O. The van der Waals surface area contributed by atoms with E-state index in [0.29, 0.717) is 44.2 Å². The fourth-order valence-electron chi connectivity index (χ4n) is 9.52. The van der Waals surface area contributed by atoms with Crippen molar-refractivity contribution in [3.05, 3.63) is 120 Å². The van der Waals surface area contributed by atoms with E-state index in [4.69, 9.17) is 5.73 Å². The first-order valence-electron chi connectivity index (χ1n) is 28.7. The van der Waals surface area contributed by atoms with Crippen molar-refractivity contribution >= 4 is 125 Å². The Labute approximate surface area is 537 Å². The number of nitrogens with two attached hydrogens (primary N) is 1. The standard InChI is InChI=1S/C59H74N14O15S3/c1-29(2)49(73-51(79)40(15-16-48(76)77)65-55(83)44(20-33-23-61-28-64-33)68-56(84)45(24-74)70-50(78)37(60)25-89)58(86)69-43(19-32-22-63-39-10-6-4-8-36(32)39)54(82)67-42(18-31-21-62-38-9-5-3-7-35(31)38)53(81)66-41(17-30-11-13-34(75)14-12-30)52(80)71-46(26-90)57(85)72-47(27-91)59(87)88/h3-14,21-23,28-29,37,40-47,49,62-63,74-75,89-91H,15-20,24-27,60H2,1-2H3,(H,61,64)(H,65,83)(H,66,81)(H,67,82)(H,68,84)(H,69,86)(H,70,78)(H,71,80)(H,72,85)(H,73,79)(H,76,77)(H,87,88)/t37-,40-,41-,42-,43-,44-,45-,46-,47-,49-/m0/s1. The second-order valence-electron chi connectivity index (χ2n) is 21.6.